The zero-order valence-corrected chi connectivity index (χ0v) is 10.6. The molecule has 0 spiro atoms. The van der Waals surface area contributed by atoms with Crippen LogP contribution in [0, 0.1) is 0 Å². The average molecular weight is 222 g/mol. The fourth-order valence-corrected chi connectivity index (χ4v) is 2.20. The van der Waals surface area contributed by atoms with Crippen LogP contribution in [0.25, 0.3) is 0 Å². The minimum atomic E-state index is -3.06. The van der Waals surface area contributed by atoms with Crippen molar-refractivity contribution in [2.75, 3.05) is 34.2 Å². The van der Waals surface area contributed by atoms with Crippen LogP contribution in [0.3, 0.4) is 0 Å². The zero-order chi connectivity index (χ0) is 11.4. The van der Waals surface area contributed by atoms with Crippen LogP contribution >= 0.6 is 0 Å². The highest BCUT2D eigenvalue weighted by Gasteiger charge is 2.21. The van der Waals surface area contributed by atoms with Crippen LogP contribution in [0.5, 0.6) is 0 Å². The summed E-state index contributed by atoms with van der Waals surface area (Å²) in [6.45, 7) is 4.92. The molecule has 5 heteroatoms. The number of rotatable bonds is 6. The summed E-state index contributed by atoms with van der Waals surface area (Å²) < 4.78 is 24.7. The molecule has 4 nitrogen and oxygen atoms in total. The lowest BCUT2D eigenvalue weighted by atomic mass is 10.4. The van der Waals surface area contributed by atoms with Gasteiger partial charge in [0.1, 0.15) is 0 Å². The van der Waals surface area contributed by atoms with E-state index in [1.165, 1.54) is 4.31 Å². The first kappa shape index (κ1) is 13.9. The minimum Gasteiger partial charge on any atom is -0.309 e. The summed E-state index contributed by atoms with van der Waals surface area (Å²) in [5.74, 6) is 0. The van der Waals surface area contributed by atoms with Gasteiger partial charge in [-0.05, 0) is 40.9 Å². The van der Waals surface area contributed by atoms with Crippen LogP contribution < -0.4 is 0 Å². The third kappa shape index (κ3) is 4.39. The van der Waals surface area contributed by atoms with Gasteiger partial charge in [0.2, 0.25) is 10.0 Å². The molecule has 0 aromatic rings. The van der Waals surface area contributed by atoms with Gasteiger partial charge in [-0.3, -0.25) is 0 Å². The predicted octanol–water partition coefficient (Wildman–Crippen LogP) is 0.608. The van der Waals surface area contributed by atoms with E-state index in [4.69, 9.17) is 0 Å². The maximum absolute atomic E-state index is 11.6. The molecule has 0 radical (unpaired) electrons. The van der Waals surface area contributed by atoms with Gasteiger partial charge in [0, 0.05) is 13.6 Å². The molecule has 0 heterocycles. The van der Waals surface area contributed by atoms with Crippen LogP contribution in [-0.2, 0) is 10.0 Å². The van der Waals surface area contributed by atoms with Crippen LogP contribution in [0.1, 0.15) is 20.3 Å². The maximum atomic E-state index is 11.6. The van der Waals surface area contributed by atoms with Crippen molar-refractivity contribution in [2.24, 2.45) is 0 Å². The summed E-state index contributed by atoms with van der Waals surface area (Å²) in [6.07, 6.45) is 0.870. The molecule has 0 aliphatic rings. The van der Waals surface area contributed by atoms with E-state index in [1.807, 2.05) is 14.1 Å². The standard InChI is InChI=1S/C9H22N2O2S/c1-9(2)14(12,13)11(5)8-6-7-10(3)4/h9H,6-8H2,1-5H3. The Bertz CT molecular complexity index is 248. The van der Waals surface area contributed by atoms with Crippen molar-refractivity contribution in [2.45, 2.75) is 25.5 Å². The Morgan fingerprint density at radius 2 is 1.57 bits per heavy atom. The van der Waals surface area contributed by atoms with Crippen LogP contribution in [0.2, 0.25) is 0 Å². The first-order valence-corrected chi connectivity index (χ1v) is 6.38. The van der Waals surface area contributed by atoms with Crippen LogP contribution in [0.4, 0.5) is 0 Å². The van der Waals surface area contributed by atoms with E-state index in [2.05, 4.69) is 4.90 Å². The molecule has 0 fully saturated rings. The highest BCUT2D eigenvalue weighted by Crippen LogP contribution is 2.06. The Morgan fingerprint density at radius 1 is 1.07 bits per heavy atom. The molecule has 0 aliphatic carbocycles. The van der Waals surface area contributed by atoms with Crippen molar-refractivity contribution in [3.8, 4) is 0 Å². The number of sulfonamides is 1. The molecule has 0 bridgehead atoms. The quantitative estimate of drug-likeness (QED) is 0.661. The fourth-order valence-electron chi connectivity index (χ4n) is 1.10. The van der Waals surface area contributed by atoms with E-state index in [0.717, 1.165) is 13.0 Å². The minimum absolute atomic E-state index is 0.327. The van der Waals surface area contributed by atoms with Gasteiger partial charge in [0.05, 0.1) is 5.25 Å². The Kier molecular flexibility index (Phi) is 5.63. The summed E-state index contributed by atoms with van der Waals surface area (Å²) >= 11 is 0. The summed E-state index contributed by atoms with van der Waals surface area (Å²) in [5.41, 5.74) is 0. The van der Waals surface area contributed by atoms with Crippen molar-refractivity contribution in [3.05, 3.63) is 0 Å². The maximum Gasteiger partial charge on any atom is 0.216 e. The molecule has 0 rings (SSSR count). The molecule has 0 saturated carbocycles. The average Bonchev–Trinajstić information content (AvgIpc) is 2.02. The van der Waals surface area contributed by atoms with E-state index in [-0.39, 0.29) is 5.25 Å². The molecular formula is C9H22N2O2S. The second kappa shape index (κ2) is 5.68. The third-order valence-corrected chi connectivity index (χ3v) is 4.35. The second-order valence-electron chi connectivity index (χ2n) is 4.07. The summed E-state index contributed by atoms with van der Waals surface area (Å²) in [6, 6.07) is 0. The smallest absolute Gasteiger partial charge is 0.216 e. The lowest BCUT2D eigenvalue weighted by Crippen LogP contribution is -2.34. The molecule has 14 heavy (non-hydrogen) atoms. The fraction of sp³-hybridized carbons (Fsp3) is 1.00. The van der Waals surface area contributed by atoms with Gasteiger partial charge >= 0.3 is 0 Å². The van der Waals surface area contributed by atoms with Gasteiger partial charge in [0.15, 0.2) is 0 Å². The summed E-state index contributed by atoms with van der Waals surface area (Å²) in [4.78, 5) is 2.05. The number of hydrogen-bond donors (Lipinski definition) is 0. The van der Waals surface area contributed by atoms with Crippen molar-refractivity contribution >= 4 is 10.0 Å². The Hall–Kier alpha value is -0.130. The van der Waals surface area contributed by atoms with E-state index in [0.29, 0.717) is 6.54 Å². The van der Waals surface area contributed by atoms with Crippen molar-refractivity contribution in [1.29, 1.82) is 0 Å². The Labute approximate surface area is 87.9 Å². The predicted molar refractivity (Wildman–Crippen MR) is 59.9 cm³/mol. The molecule has 0 unspecified atom stereocenters. The molecule has 0 atom stereocenters. The van der Waals surface area contributed by atoms with E-state index in [1.54, 1.807) is 20.9 Å². The Morgan fingerprint density at radius 3 is 1.93 bits per heavy atom. The second-order valence-corrected chi connectivity index (χ2v) is 6.67. The van der Waals surface area contributed by atoms with Crippen LogP contribution in [-0.4, -0.2) is 57.1 Å². The number of nitrogens with zero attached hydrogens (tertiary/aromatic N) is 2. The summed E-state index contributed by atoms with van der Waals surface area (Å²) in [5, 5.41) is -0.327. The van der Waals surface area contributed by atoms with Crippen molar-refractivity contribution in [3.63, 3.8) is 0 Å². The monoisotopic (exact) mass is 222 g/mol. The molecule has 0 amide bonds. The first-order chi connectivity index (χ1) is 6.28. The topological polar surface area (TPSA) is 40.6 Å². The molecular weight excluding hydrogens is 200 g/mol. The largest absolute Gasteiger partial charge is 0.309 e. The van der Waals surface area contributed by atoms with Gasteiger partial charge in [-0.2, -0.15) is 0 Å². The van der Waals surface area contributed by atoms with E-state index < -0.39 is 10.0 Å². The molecule has 0 aliphatic heterocycles. The van der Waals surface area contributed by atoms with Gasteiger partial charge in [-0.1, -0.05) is 0 Å². The molecule has 0 N–H and O–H groups in total. The third-order valence-electron chi connectivity index (χ3n) is 2.11. The lowest BCUT2D eigenvalue weighted by molar-refractivity contribution is 0.369. The lowest BCUT2D eigenvalue weighted by Gasteiger charge is -2.20. The molecule has 86 valence electrons. The van der Waals surface area contributed by atoms with Gasteiger partial charge in [0.25, 0.3) is 0 Å². The first-order valence-electron chi connectivity index (χ1n) is 4.88. The van der Waals surface area contributed by atoms with Crippen LogP contribution in [0.15, 0.2) is 0 Å². The zero-order valence-electron chi connectivity index (χ0n) is 9.82. The Balaban J connectivity index is 4.03. The van der Waals surface area contributed by atoms with E-state index in [9.17, 15) is 8.42 Å². The molecule has 0 aromatic heterocycles. The number of hydrogen-bond acceptors (Lipinski definition) is 3. The summed E-state index contributed by atoms with van der Waals surface area (Å²) in [7, 11) is 2.55. The molecule has 0 saturated heterocycles. The SMILES string of the molecule is CC(C)S(=O)(=O)N(C)CCCN(C)C. The van der Waals surface area contributed by atoms with Crippen molar-refractivity contribution in [1.82, 2.24) is 9.21 Å². The van der Waals surface area contributed by atoms with E-state index >= 15 is 0 Å². The normalized spacial score (nSPS) is 13.1. The molecule has 0 aromatic carbocycles. The van der Waals surface area contributed by atoms with Gasteiger partial charge in [-0.25, -0.2) is 12.7 Å². The highest BCUT2D eigenvalue weighted by atomic mass is 32.2. The van der Waals surface area contributed by atoms with Gasteiger partial charge in [-0.15, -0.1) is 0 Å². The highest BCUT2D eigenvalue weighted by molar-refractivity contribution is 7.89. The van der Waals surface area contributed by atoms with Crippen molar-refractivity contribution < 1.29 is 8.42 Å². The van der Waals surface area contributed by atoms with Gasteiger partial charge < -0.3 is 4.90 Å².